The smallest absolute Gasteiger partial charge is 0.226 e. The summed E-state index contributed by atoms with van der Waals surface area (Å²) in [4.78, 5) is 7.46. The van der Waals surface area contributed by atoms with Crippen LogP contribution in [-0.4, -0.2) is 20.3 Å². The molecule has 0 fully saturated rings. The van der Waals surface area contributed by atoms with E-state index in [9.17, 15) is 0 Å². The van der Waals surface area contributed by atoms with E-state index in [0.717, 1.165) is 0 Å². The third kappa shape index (κ3) is 0.543. The second-order valence-electron chi connectivity index (χ2n) is 1.48. The van der Waals surface area contributed by atoms with Gasteiger partial charge in [0.15, 0.2) is 0 Å². The first-order valence-electron chi connectivity index (χ1n) is 2.35. The van der Waals surface area contributed by atoms with Crippen LogP contribution in [0.1, 0.15) is 0 Å². The highest BCUT2D eigenvalue weighted by Gasteiger charge is 1.96. The van der Waals surface area contributed by atoms with Crippen LogP contribution < -0.4 is 0 Å². The quantitative estimate of drug-likeness (QED) is 0.492. The molecule has 0 bridgehead atoms. The highest BCUT2D eigenvalue weighted by atomic mass is 16.5. The van der Waals surface area contributed by atoms with Crippen molar-refractivity contribution in [2.24, 2.45) is 0 Å². The Morgan fingerprint density at radius 2 is 2.44 bits per heavy atom. The van der Waals surface area contributed by atoms with Crippen molar-refractivity contribution in [3.63, 3.8) is 0 Å². The van der Waals surface area contributed by atoms with Crippen LogP contribution in [0.5, 0.6) is 0 Å². The minimum Gasteiger partial charge on any atom is -0.333 e. The Morgan fingerprint density at radius 1 is 1.44 bits per heavy atom. The lowest BCUT2D eigenvalue weighted by Crippen LogP contribution is -1.75. The molecule has 0 aliphatic heterocycles. The second-order valence-corrected chi connectivity index (χ2v) is 1.48. The fourth-order valence-corrected chi connectivity index (χ4v) is 0.553. The third-order valence-corrected chi connectivity index (χ3v) is 0.934. The summed E-state index contributed by atoms with van der Waals surface area (Å²) in [5, 5.41) is 6.82. The molecule has 9 heavy (non-hydrogen) atoms. The largest absolute Gasteiger partial charge is 0.333 e. The van der Waals surface area contributed by atoms with Crippen molar-refractivity contribution >= 4 is 11.2 Å². The lowest BCUT2D eigenvalue weighted by atomic mass is 10.6. The summed E-state index contributed by atoms with van der Waals surface area (Å²) in [7, 11) is 0. The van der Waals surface area contributed by atoms with E-state index >= 15 is 0 Å². The summed E-state index contributed by atoms with van der Waals surface area (Å²) in [6.45, 7) is 0. The fourth-order valence-electron chi connectivity index (χ4n) is 0.553. The van der Waals surface area contributed by atoms with Gasteiger partial charge in [-0.25, -0.2) is 9.97 Å². The first kappa shape index (κ1) is 4.37. The zero-order valence-corrected chi connectivity index (χ0v) is 4.35. The molecule has 0 saturated heterocycles. The molecule has 5 heteroatoms. The Balaban J connectivity index is 2.95. The number of aromatic nitrogens is 4. The lowest BCUT2D eigenvalue weighted by Gasteiger charge is -1.76. The maximum absolute atomic E-state index is 4.63. The molecule has 0 unspecified atom stereocenters. The van der Waals surface area contributed by atoms with Crippen LogP contribution >= 0.6 is 0 Å². The van der Waals surface area contributed by atoms with Gasteiger partial charge in [0, 0.05) is 5.27 Å². The van der Waals surface area contributed by atoms with E-state index in [4.69, 9.17) is 0 Å². The fraction of sp³-hybridized carbons (Fsp3) is 0. The number of hydrogen-bond acceptors (Lipinski definition) is 5. The molecule has 2 aromatic heterocycles. The molecule has 0 aromatic carbocycles. The van der Waals surface area contributed by atoms with Crippen molar-refractivity contribution in [3.05, 3.63) is 12.5 Å². The monoisotopic (exact) mass is 122 g/mol. The number of hydrogen-bond donors (Lipinski definition) is 0. The standard InChI is InChI=1S/C4H2N4O/c1-3-4(6-2-5-1)7-8-9-3/h1-2H. The summed E-state index contributed by atoms with van der Waals surface area (Å²) in [5.41, 5.74) is 1.00. The van der Waals surface area contributed by atoms with Crippen molar-refractivity contribution in [1.29, 1.82) is 0 Å². The molecule has 0 N–H and O–H groups in total. The highest BCUT2D eigenvalue weighted by molar-refractivity contribution is 5.63. The summed E-state index contributed by atoms with van der Waals surface area (Å²) in [6, 6.07) is 0. The van der Waals surface area contributed by atoms with Crippen molar-refractivity contribution in [2.45, 2.75) is 0 Å². The first-order valence-corrected chi connectivity index (χ1v) is 2.35. The molecule has 0 aliphatic rings. The van der Waals surface area contributed by atoms with Gasteiger partial charge in [-0.2, -0.15) is 0 Å². The van der Waals surface area contributed by atoms with Crippen LogP contribution in [0.4, 0.5) is 0 Å². The number of fused-ring (bicyclic) bond motifs is 1. The Kier molecular flexibility index (Phi) is 0.717. The van der Waals surface area contributed by atoms with Crippen molar-refractivity contribution in [3.8, 4) is 0 Å². The van der Waals surface area contributed by atoms with Gasteiger partial charge >= 0.3 is 0 Å². The Labute approximate surface area is 49.7 Å². The van der Waals surface area contributed by atoms with Gasteiger partial charge in [-0.15, -0.1) is 0 Å². The Morgan fingerprint density at radius 3 is 3.33 bits per heavy atom. The minimum absolute atomic E-state index is 0.491. The predicted octanol–water partition coefficient (Wildman–Crippen LogP) is 0.0128. The van der Waals surface area contributed by atoms with Gasteiger partial charge in [-0.05, 0) is 0 Å². The van der Waals surface area contributed by atoms with Gasteiger partial charge in [0.2, 0.25) is 11.2 Å². The average molecular weight is 122 g/mol. The van der Waals surface area contributed by atoms with Gasteiger partial charge in [0.1, 0.15) is 6.33 Å². The highest BCUT2D eigenvalue weighted by Crippen LogP contribution is 2.01. The molecule has 2 heterocycles. The van der Waals surface area contributed by atoms with Crippen LogP contribution in [0.15, 0.2) is 17.0 Å². The van der Waals surface area contributed by atoms with E-state index in [1.807, 2.05) is 0 Å². The van der Waals surface area contributed by atoms with Gasteiger partial charge in [-0.1, -0.05) is 5.10 Å². The summed E-state index contributed by atoms with van der Waals surface area (Å²) in [5.74, 6) is 0. The maximum Gasteiger partial charge on any atom is 0.226 e. The number of rotatable bonds is 0. The minimum atomic E-state index is 0.491. The van der Waals surface area contributed by atoms with Gasteiger partial charge in [0.25, 0.3) is 0 Å². The molecular weight excluding hydrogens is 120 g/mol. The zero-order valence-electron chi connectivity index (χ0n) is 4.35. The van der Waals surface area contributed by atoms with Crippen molar-refractivity contribution in [2.75, 3.05) is 0 Å². The van der Waals surface area contributed by atoms with E-state index in [2.05, 4.69) is 24.9 Å². The van der Waals surface area contributed by atoms with Gasteiger partial charge in [-0.3, -0.25) is 0 Å². The molecule has 2 aromatic rings. The van der Waals surface area contributed by atoms with Crippen molar-refractivity contribution in [1.82, 2.24) is 20.3 Å². The summed E-state index contributed by atoms with van der Waals surface area (Å²) < 4.78 is 4.63. The summed E-state index contributed by atoms with van der Waals surface area (Å²) >= 11 is 0. The van der Waals surface area contributed by atoms with E-state index in [0.29, 0.717) is 11.2 Å². The molecule has 0 spiro atoms. The molecule has 44 valence electrons. The first-order chi connectivity index (χ1) is 4.47. The van der Waals surface area contributed by atoms with E-state index in [1.54, 1.807) is 0 Å². The van der Waals surface area contributed by atoms with Gasteiger partial charge in [0.05, 0.1) is 6.20 Å². The van der Waals surface area contributed by atoms with E-state index < -0.39 is 0 Å². The van der Waals surface area contributed by atoms with Crippen LogP contribution in [-0.2, 0) is 0 Å². The van der Waals surface area contributed by atoms with Crippen molar-refractivity contribution < 1.29 is 4.52 Å². The van der Waals surface area contributed by atoms with Crippen LogP contribution in [0.2, 0.25) is 0 Å². The molecule has 0 radical (unpaired) electrons. The molecule has 0 saturated carbocycles. The van der Waals surface area contributed by atoms with Crippen LogP contribution in [0, 0.1) is 0 Å². The third-order valence-electron chi connectivity index (χ3n) is 0.934. The molecule has 5 nitrogen and oxygen atoms in total. The van der Waals surface area contributed by atoms with Crippen LogP contribution in [0.25, 0.3) is 11.2 Å². The molecule has 2 rings (SSSR count). The second kappa shape index (κ2) is 1.48. The van der Waals surface area contributed by atoms with E-state index in [-0.39, 0.29) is 0 Å². The predicted molar refractivity (Wildman–Crippen MR) is 27.4 cm³/mol. The lowest BCUT2D eigenvalue weighted by molar-refractivity contribution is 0.423. The van der Waals surface area contributed by atoms with E-state index in [1.165, 1.54) is 12.5 Å². The normalized spacial score (nSPS) is 10.2. The summed E-state index contributed by atoms with van der Waals surface area (Å²) in [6.07, 6.45) is 2.91. The molecular formula is C4H2N4O. The average Bonchev–Trinajstić information content (AvgIpc) is 2.33. The topological polar surface area (TPSA) is 64.7 Å². The maximum atomic E-state index is 4.63. The Hall–Kier alpha value is -1.52. The number of nitrogens with zero attached hydrogens (tertiary/aromatic N) is 4. The molecule has 0 amide bonds. The molecule has 0 aliphatic carbocycles. The SMILES string of the molecule is c1ncc2onnc2n1. The van der Waals surface area contributed by atoms with Gasteiger partial charge < -0.3 is 4.52 Å². The van der Waals surface area contributed by atoms with Crippen LogP contribution in [0.3, 0.4) is 0 Å². The Bertz CT molecular complexity index is 287. The zero-order chi connectivity index (χ0) is 6.10. The molecule has 0 atom stereocenters.